The smallest absolute Gasteiger partial charge is 0.335 e. The molecule has 16 heteroatoms. The Morgan fingerprint density at radius 3 is 2.27 bits per heavy atom. The minimum absolute atomic E-state index is 0.0103. The Balaban J connectivity index is 0.947. The Labute approximate surface area is 410 Å². The second kappa shape index (κ2) is 18.3. The number of aliphatic carboxylic acids is 2. The van der Waals surface area contributed by atoms with Crippen LogP contribution in [0.25, 0.3) is 10.9 Å². The standard InChI is InChI=1S/C54H78N2O14/c1-27-38(59)35(25-57)67-47(39(27)60)70-43-41(62)40(61)42(46(65)66)69-48(43)68-37-14-15-52(6)36(49(37,2)3)13-16-54(8)44(52)34(58)22-30-31-23-50(4,17-18-51(31,5)19-20-53(30,54)7)26-56-33(45(63)64)21-28-24-55-32-12-10-9-11-29(28)32/h9-12,22,24,27,31,33,35-44,47-48,55-57,59-62H,13-21,23,25-26H2,1-8H3,(H,63,64)(H,65,66)/t27-,31-,33-,35+,36-,37-,38-,39+,40-,41-,42-,43+,44+,47-,48-,50-,51+,52-,53+,54+/m0/s1. The lowest BCUT2D eigenvalue weighted by Gasteiger charge is -2.70. The lowest BCUT2D eigenvalue weighted by Crippen LogP contribution is -2.68. The lowest BCUT2D eigenvalue weighted by atomic mass is 9.33. The first-order valence-electron chi connectivity index (χ1n) is 25.8. The average molecular weight is 979 g/mol. The molecule has 9 rings (SSSR count). The molecule has 5 aliphatic carbocycles. The van der Waals surface area contributed by atoms with Crippen LogP contribution >= 0.6 is 0 Å². The van der Waals surface area contributed by atoms with Crippen LogP contribution in [0.3, 0.4) is 0 Å². The largest absolute Gasteiger partial charge is 0.480 e. The molecule has 1 aromatic heterocycles. The third-order valence-electron chi connectivity index (χ3n) is 20.4. The van der Waals surface area contributed by atoms with Crippen molar-refractivity contribution >= 4 is 28.6 Å². The highest BCUT2D eigenvalue weighted by Gasteiger charge is 2.70. The molecule has 9 N–H and O–H groups in total. The van der Waals surface area contributed by atoms with Crippen LogP contribution in [0.2, 0.25) is 0 Å². The molecule has 0 bridgehead atoms. The van der Waals surface area contributed by atoms with Crippen molar-refractivity contribution in [1.29, 1.82) is 0 Å². The van der Waals surface area contributed by atoms with E-state index in [0.717, 1.165) is 61.4 Å². The van der Waals surface area contributed by atoms with Gasteiger partial charge in [0.2, 0.25) is 0 Å². The molecule has 20 atom stereocenters. The molecule has 0 spiro atoms. The molecular weight excluding hydrogens is 901 g/mol. The first-order valence-corrected chi connectivity index (χ1v) is 25.8. The zero-order valence-electron chi connectivity index (χ0n) is 42.1. The fourth-order valence-electron chi connectivity index (χ4n) is 15.8. The number of para-hydroxylation sites is 1. The zero-order chi connectivity index (χ0) is 50.7. The summed E-state index contributed by atoms with van der Waals surface area (Å²) >= 11 is 0. The number of aromatic nitrogens is 1. The Kier molecular flexibility index (Phi) is 13.5. The van der Waals surface area contributed by atoms with Crippen LogP contribution in [0.4, 0.5) is 0 Å². The van der Waals surface area contributed by atoms with Gasteiger partial charge in [0.15, 0.2) is 24.5 Å². The molecule has 2 aromatic rings. The molecule has 0 amide bonds. The number of aromatic amines is 1. The van der Waals surface area contributed by atoms with E-state index in [2.05, 4.69) is 58.8 Å². The third kappa shape index (κ3) is 8.22. The summed E-state index contributed by atoms with van der Waals surface area (Å²) in [6.07, 6.45) is -2.67. The number of rotatable bonds is 12. The van der Waals surface area contributed by atoms with E-state index in [-0.39, 0.29) is 45.2 Å². The van der Waals surface area contributed by atoms with E-state index in [1.54, 1.807) is 6.92 Å². The highest BCUT2D eigenvalue weighted by atomic mass is 16.8. The van der Waals surface area contributed by atoms with Crippen LogP contribution in [-0.4, -0.2) is 139 Å². The van der Waals surface area contributed by atoms with Crippen molar-refractivity contribution in [3.63, 3.8) is 0 Å². The molecule has 3 heterocycles. The molecule has 2 saturated heterocycles. The summed E-state index contributed by atoms with van der Waals surface area (Å²) in [5, 5.41) is 78.9. The number of carboxylic acid groups (broad SMARTS) is 2. The molecule has 4 saturated carbocycles. The number of carbonyl (C=O) groups is 3. The van der Waals surface area contributed by atoms with Crippen molar-refractivity contribution in [3.05, 3.63) is 47.7 Å². The van der Waals surface area contributed by atoms with Crippen molar-refractivity contribution < 1.29 is 69.1 Å². The van der Waals surface area contributed by atoms with E-state index in [9.17, 15) is 45.3 Å². The van der Waals surface area contributed by atoms with E-state index in [0.29, 0.717) is 25.8 Å². The van der Waals surface area contributed by atoms with Gasteiger partial charge in [-0.15, -0.1) is 0 Å². The van der Waals surface area contributed by atoms with E-state index in [1.807, 2.05) is 36.5 Å². The van der Waals surface area contributed by atoms with Gasteiger partial charge < -0.3 is 65.0 Å². The number of aliphatic hydroxyl groups is 5. The van der Waals surface area contributed by atoms with Crippen LogP contribution in [0, 0.1) is 56.2 Å². The lowest BCUT2D eigenvalue weighted by molar-refractivity contribution is -0.371. The Morgan fingerprint density at radius 1 is 0.857 bits per heavy atom. The molecule has 1 aromatic carbocycles. The van der Waals surface area contributed by atoms with Gasteiger partial charge in [0.05, 0.1) is 18.8 Å². The average Bonchev–Trinajstić information content (AvgIpc) is 3.71. The maximum absolute atomic E-state index is 15.3. The van der Waals surface area contributed by atoms with Gasteiger partial charge >= 0.3 is 11.9 Å². The SMILES string of the molecule is C[C@@H]1[C@@H](O)[C@H](O[C@H]2[C@@H](O[C@H]3CC[C@]4(C)[C@H]5C(=O)C=C6[C@@H]7C[C@@](C)(CN[C@@H](Cc8c[nH]c9ccccc89)C(=O)O)CC[C@]7(C)CC[C@@]6(C)[C@]5(C)CC[C@H]4C3(C)C)O[C@H](C(=O)O)[C@@H](O)[C@@H]2O)O[C@H](CO)[C@H]1O. The first-order chi connectivity index (χ1) is 32.8. The maximum atomic E-state index is 15.3. The number of hydrogen-bond acceptors (Lipinski definition) is 13. The van der Waals surface area contributed by atoms with Gasteiger partial charge in [-0.1, -0.05) is 79.2 Å². The molecule has 0 radical (unpaired) electrons. The van der Waals surface area contributed by atoms with Gasteiger partial charge in [0.25, 0.3) is 0 Å². The number of carboxylic acids is 2. The number of ketones is 1. The highest BCUT2D eigenvalue weighted by molar-refractivity contribution is 5.95. The van der Waals surface area contributed by atoms with E-state index in [1.165, 1.54) is 5.57 Å². The molecule has 2 aliphatic heterocycles. The van der Waals surface area contributed by atoms with Crippen LogP contribution in [-0.2, 0) is 39.8 Å². The second-order valence-electron chi connectivity index (χ2n) is 24.7. The fourth-order valence-corrected chi connectivity index (χ4v) is 15.8. The van der Waals surface area contributed by atoms with Gasteiger partial charge in [0.1, 0.15) is 36.6 Å². The number of aliphatic hydroxyl groups excluding tert-OH is 5. The summed E-state index contributed by atoms with van der Waals surface area (Å²) in [5.41, 5.74) is 1.35. The topological polar surface area (TPSA) is 258 Å². The Hall–Kier alpha value is -3.29. The predicted molar refractivity (Wildman–Crippen MR) is 256 cm³/mol. The van der Waals surface area contributed by atoms with Crippen molar-refractivity contribution in [2.45, 2.75) is 187 Å². The van der Waals surface area contributed by atoms with E-state index in [4.69, 9.17) is 18.9 Å². The summed E-state index contributed by atoms with van der Waals surface area (Å²) < 4.78 is 24.5. The normalized spacial score (nSPS) is 46.2. The number of benzene rings is 1. The highest BCUT2D eigenvalue weighted by Crippen LogP contribution is 2.75. The summed E-state index contributed by atoms with van der Waals surface area (Å²) in [7, 11) is 0. The molecule has 0 unspecified atom stereocenters. The van der Waals surface area contributed by atoms with Crippen LogP contribution in [0.15, 0.2) is 42.1 Å². The third-order valence-corrected chi connectivity index (χ3v) is 20.4. The van der Waals surface area contributed by atoms with Crippen LogP contribution in [0.5, 0.6) is 0 Å². The van der Waals surface area contributed by atoms with Gasteiger partial charge in [-0.25, -0.2) is 4.79 Å². The Morgan fingerprint density at radius 2 is 1.57 bits per heavy atom. The summed E-state index contributed by atoms with van der Waals surface area (Å²) in [6, 6.07) is 7.19. The number of H-pyrrole nitrogens is 1. The number of ether oxygens (including phenoxy) is 4. The molecule has 7 aliphatic rings. The summed E-state index contributed by atoms with van der Waals surface area (Å²) in [5.74, 6) is -3.17. The molecule has 16 nitrogen and oxygen atoms in total. The van der Waals surface area contributed by atoms with Gasteiger partial charge in [-0.05, 0) is 120 Å². The second-order valence-corrected chi connectivity index (χ2v) is 24.7. The zero-order valence-corrected chi connectivity index (χ0v) is 42.1. The van der Waals surface area contributed by atoms with Gasteiger partial charge in [0, 0.05) is 41.9 Å². The number of fused-ring (bicyclic) bond motifs is 8. The molecular formula is C54H78N2O14. The first kappa shape index (κ1) is 51.6. The summed E-state index contributed by atoms with van der Waals surface area (Å²) in [4.78, 5) is 43.6. The van der Waals surface area contributed by atoms with Gasteiger partial charge in [-0.3, -0.25) is 9.59 Å². The molecule has 70 heavy (non-hydrogen) atoms. The van der Waals surface area contributed by atoms with Crippen molar-refractivity contribution in [2.75, 3.05) is 13.2 Å². The van der Waals surface area contributed by atoms with E-state index >= 15 is 4.79 Å². The minimum atomic E-state index is -1.92. The van der Waals surface area contributed by atoms with Crippen LogP contribution in [0.1, 0.15) is 119 Å². The quantitative estimate of drug-likeness (QED) is 0.125. The predicted octanol–water partition coefficient (Wildman–Crippen LogP) is 5.11. The number of hydrogen-bond donors (Lipinski definition) is 9. The molecule has 388 valence electrons. The summed E-state index contributed by atoms with van der Waals surface area (Å²) in [6.45, 7) is 17.5. The maximum Gasteiger partial charge on any atom is 0.335 e. The number of nitrogens with one attached hydrogen (secondary N) is 2. The Bertz CT molecular complexity index is 2350. The van der Waals surface area contributed by atoms with Crippen molar-refractivity contribution in [3.8, 4) is 0 Å². The van der Waals surface area contributed by atoms with Gasteiger partial charge in [-0.2, -0.15) is 0 Å². The molecule has 6 fully saturated rings. The number of allylic oxidation sites excluding steroid dienone is 2. The van der Waals surface area contributed by atoms with Crippen molar-refractivity contribution in [2.24, 2.45) is 56.2 Å². The van der Waals surface area contributed by atoms with Crippen molar-refractivity contribution in [1.82, 2.24) is 10.3 Å². The monoisotopic (exact) mass is 979 g/mol. The number of carbonyl (C=O) groups excluding carboxylic acids is 1. The minimum Gasteiger partial charge on any atom is -0.480 e. The van der Waals surface area contributed by atoms with E-state index < -0.39 is 103 Å². The fraction of sp³-hybridized carbons (Fsp3) is 0.759. The van der Waals surface area contributed by atoms with Crippen LogP contribution < -0.4 is 5.32 Å².